The van der Waals surface area contributed by atoms with Crippen molar-refractivity contribution in [3.05, 3.63) is 0 Å². The third-order valence-corrected chi connectivity index (χ3v) is 2.63. The molecular weight excluding hydrogens is 290 g/mol. The van der Waals surface area contributed by atoms with Crippen LogP contribution in [-0.4, -0.2) is 37.9 Å². The lowest BCUT2D eigenvalue weighted by atomic mass is 10.2. The standard InChI is InChI=1S/C10H22Cl2N2.2ClH/c11-5-9-13-7-3-1-2-4-8-14-10-6-12;;/h13-14H,1-10H2;2*1H. The smallest absolute Gasteiger partial charge is 0.0893 e. The number of unbranched alkanes of at least 4 members (excludes halogenated alkanes) is 3. The Morgan fingerprint density at radius 1 is 0.562 bits per heavy atom. The molecule has 0 bridgehead atoms. The Morgan fingerprint density at radius 3 is 1.25 bits per heavy atom. The Kier molecular flexibility index (Phi) is 29.8. The van der Waals surface area contributed by atoms with E-state index >= 15 is 0 Å². The van der Waals surface area contributed by atoms with Gasteiger partial charge in [0.25, 0.3) is 0 Å². The number of nitrogens with two attached hydrogens (primary N) is 2. The van der Waals surface area contributed by atoms with E-state index in [0.717, 1.165) is 24.8 Å². The van der Waals surface area contributed by atoms with E-state index in [0.29, 0.717) is 0 Å². The van der Waals surface area contributed by atoms with Gasteiger partial charge in [-0.25, -0.2) is 0 Å². The Morgan fingerprint density at radius 2 is 0.938 bits per heavy atom. The van der Waals surface area contributed by atoms with E-state index in [1.54, 1.807) is 0 Å². The number of hydrogen-bond donors (Lipinski definition) is 2. The van der Waals surface area contributed by atoms with Crippen LogP contribution in [0.1, 0.15) is 25.7 Å². The molecule has 0 saturated heterocycles. The van der Waals surface area contributed by atoms with Gasteiger partial charge in [-0.3, -0.25) is 0 Å². The lowest BCUT2D eigenvalue weighted by Crippen LogP contribution is -3.00. The van der Waals surface area contributed by atoms with Gasteiger partial charge in [-0.2, -0.15) is 0 Å². The minimum Gasteiger partial charge on any atom is -1.00 e. The first-order valence-electron chi connectivity index (χ1n) is 5.67. The van der Waals surface area contributed by atoms with Gasteiger partial charge >= 0.3 is 0 Å². The zero-order chi connectivity index (χ0) is 10.5. The summed E-state index contributed by atoms with van der Waals surface area (Å²) < 4.78 is 0. The first-order valence-corrected chi connectivity index (χ1v) is 6.74. The van der Waals surface area contributed by atoms with Crippen molar-refractivity contribution in [3.63, 3.8) is 0 Å². The second kappa shape index (κ2) is 21.4. The minimum absolute atomic E-state index is 0. The van der Waals surface area contributed by atoms with Gasteiger partial charge in [0.15, 0.2) is 0 Å². The van der Waals surface area contributed by atoms with Crippen LogP contribution in [0.15, 0.2) is 0 Å². The molecule has 0 aromatic rings. The summed E-state index contributed by atoms with van der Waals surface area (Å²) in [6.45, 7) is 4.59. The highest BCUT2D eigenvalue weighted by Gasteiger charge is 1.93. The Bertz CT molecular complexity index is 94.8. The van der Waals surface area contributed by atoms with E-state index < -0.39 is 0 Å². The molecule has 102 valence electrons. The predicted molar refractivity (Wildman–Crippen MR) is 63.2 cm³/mol. The summed E-state index contributed by atoms with van der Waals surface area (Å²) in [5, 5.41) is 4.60. The molecule has 0 aromatic carbocycles. The van der Waals surface area contributed by atoms with Gasteiger partial charge in [-0.1, -0.05) is 0 Å². The minimum atomic E-state index is 0. The molecule has 0 atom stereocenters. The van der Waals surface area contributed by atoms with Gasteiger partial charge in [0.2, 0.25) is 0 Å². The zero-order valence-electron chi connectivity index (χ0n) is 9.74. The van der Waals surface area contributed by atoms with Crippen LogP contribution in [0.3, 0.4) is 0 Å². The Balaban J connectivity index is -0.000000845. The van der Waals surface area contributed by atoms with Crippen molar-refractivity contribution >= 4 is 23.2 Å². The Labute approximate surface area is 122 Å². The molecule has 0 aliphatic rings. The van der Waals surface area contributed by atoms with Crippen molar-refractivity contribution in [1.82, 2.24) is 0 Å². The van der Waals surface area contributed by atoms with E-state index in [4.69, 9.17) is 23.2 Å². The van der Waals surface area contributed by atoms with Crippen LogP contribution in [0.5, 0.6) is 0 Å². The van der Waals surface area contributed by atoms with E-state index in [1.807, 2.05) is 0 Å². The Hall–Kier alpha value is 1.08. The first kappa shape index (κ1) is 22.3. The summed E-state index contributed by atoms with van der Waals surface area (Å²) in [6, 6.07) is 0. The van der Waals surface area contributed by atoms with E-state index in [-0.39, 0.29) is 24.8 Å². The summed E-state index contributed by atoms with van der Waals surface area (Å²) in [4.78, 5) is 0. The summed E-state index contributed by atoms with van der Waals surface area (Å²) in [5.41, 5.74) is 0. The van der Waals surface area contributed by atoms with E-state index in [9.17, 15) is 0 Å². The van der Waals surface area contributed by atoms with Crippen molar-refractivity contribution in [2.45, 2.75) is 25.7 Å². The van der Waals surface area contributed by atoms with Crippen LogP contribution in [0.4, 0.5) is 0 Å². The highest BCUT2D eigenvalue weighted by molar-refractivity contribution is 6.18. The van der Waals surface area contributed by atoms with Crippen LogP contribution in [-0.2, 0) is 0 Å². The molecular formula is C10H24Cl4N2. The summed E-state index contributed by atoms with van der Waals surface area (Å²) in [7, 11) is 0. The molecule has 0 heterocycles. The van der Waals surface area contributed by atoms with E-state index in [1.165, 1.54) is 38.8 Å². The summed E-state index contributed by atoms with van der Waals surface area (Å²) in [6.07, 6.45) is 5.36. The highest BCUT2D eigenvalue weighted by atomic mass is 35.5. The van der Waals surface area contributed by atoms with Crippen LogP contribution in [0, 0.1) is 0 Å². The third kappa shape index (κ3) is 20.5. The first-order chi connectivity index (χ1) is 6.91. The van der Waals surface area contributed by atoms with Gasteiger partial charge in [0, 0.05) is 0 Å². The normalized spacial score (nSPS) is 9.38. The maximum atomic E-state index is 5.57. The largest absolute Gasteiger partial charge is 1.00 e. The average Bonchev–Trinajstić information content (AvgIpc) is 2.21. The van der Waals surface area contributed by atoms with Gasteiger partial charge < -0.3 is 35.4 Å². The molecule has 0 amide bonds. The summed E-state index contributed by atoms with van der Waals surface area (Å²) in [5.74, 6) is 1.54. The molecule has 0 rings (SSSR count). The molecule has 0 saturated carbocycles. The number of hydrogen-bond acceptors (Lipinski definition) is 0. The van der Waals surface area contributed by atoms with Gasteiger partial charge in [0.1, 0.15) is 0 Å². The SMILES string of the molecule is ClCC[NH2+]CCCCCC[NH2+]CCCl.[Cl-].[Cl-]. The number of halogens is 4. The molecule has 16 heavy (non-hydrogen) atoms. The van der Waals surface area contributed by atoms with Crippen molar-refractivity contribution in [2.24, 2.45) is 0 Å². The fraction of sp³-hybridized carbons (Fsp3) is 1.00. The van der Waals surface area contributed by atoms with Crippen molar-refractivity contribution < 1.29 is 35.4 Å². The summed E-state index contributed by atoms with van der Waals surface area (Å²) >= 11 is 11.1. The molecule has 0 radical (unpaired) electrons. The number of alkyl halides is 2. The second-order valence-electron chi connectivity index (χ2n) is 3.52. The zero-order valence-corrected chi connectivity index (χ0v) is 12.8. The second-order valence-corrected chi connectivity index (χ2v) is 4.28. The van der Waals surface area contributed by atoms with Crippen LogP contribution >= 0.6 is 23.2 Å². The van der Waals surface area contributed by atoms with Crippen molar-refractivity contribution in [3.8, 4) is 0 Å². The quantitative estimate of drug-likeness (QED) is 0.281. The fourth-order valence-electron chi connectivity index (χ4n) is 1.37. The predicted octanol–water partition coefficient (Wildman–Crippen LogP) is -5.84. The molecule has 4 N–H and O–H groups in total. The molecule has 0 spiro atoms. The molecule has 0 aliphatic carbocycles. The number of quaternary nitrogens is 2. The highest BCUT2D eigenvalue weighted by Crippen LogP contribution is 1.95. The van der Waals surface area contributed by atoms with Gasteiger partial charge in [-0.05, 0) is 25.7 Å². The molecule has 0 aliphatic heterocycles. The maximum Gasteiger partial charge on any atom is 0.0893 e. The molecule has 0 fully saturated rings. The van der Waals surface area contributed by atoms with Crippen LogP contribution in [0.2, 0.25) is 0 Å². The fourth-order valence-corrected chi connectivity index (χ4v) is 1.68. The van der Waals surface area contributed by atoms with Gasteiger partial charge in [-0.15, -0.1) is 23.2 Å². The van der Waals surface area contributed by atoms with Crippen molar-refractivity contribution in [2.75, 3.05) is 37.9 Å². The lowest BCUT2D eigenvalue weighted by Gasteiger charge is -2.00. The van der Waals surface area contributed by atoms with Crippen LogP contribution < -0.4 is 35.4 Å². The molecule has 6 heteroatoms. The third-order valence-electron chi connectivity index (χ3n) is 2.19. The lowest BCUT2D eigenvalue weighted by molar-refractivity contribution is -0.652. The maximum absolute atomic E-state index is 5.57. The van der Waals surface area contributed by atoms with E-state index in [2.05, 4.69) is 10.6 Å². The average molecular weight is 314 g/mol. The molecule has 2 nitrogen and oxygen atoms in total. The van der Waals surface area contributed by atoms with Crippen molar-refractivity contribution in [1.29, 1.82) is 0 Å². The monoisotopic (exact) mass is 312 g/mol. The number of rotatable bonds is 11. The molecule has 0 aromatic heterocycles. The molecule has 0 unspecified atom stereocenters. The van der Waals surface area contributed by atoms with Gasteiger partial charge in [0.05, 0.1) is 37.9 Å². The van der Waals surface area contributed by atoms with Crippen LogP contribution in [0.25, 0.3) is 0 Å². The topological polar surface area (TPSA) is 33.2 Å².